The Kier molecular flexibility index (Phi) is 5.16. The number of fused-ring (bicyclic) bond motifs is 1. The first-order valence-corrected chi connectivity index (χ1v) is 9.20. The summed E-state index contributed by atoms with van der Waals surface area (Å²) < 4.78 is 6.18. The van der Waals surface area contributed by atoms with Gasteiger partial charge in [0.25, 0.3) is 5.91 Å². The van der Waals surface area contributed by atoms with Gasteiger partial charge in [0.15, 0.2) is 5.60 Å². The lowest BCUT2D eigenvalue weighted by molar-refractivity contribution is -0.141. The molecule has 2 aromatic carbocycles. The SMILES string of the molecule is CCOc1ccc(CN2C(=O)[C@](O)(CC(C)=O)c3cc(Br)ccc32)cc1. The van der Waals surface area contributed by atoms with Gasteiger partial charge in [0.1, 0.15) is 11.5 Å². The summed E-state index contributed by atoms with van der Waals surface area (Å²) in [5, 5.41) is 11.0. The van der Waals surface area contributed by atoms with Crippen molar-refractivity contribution < 1.29 is 19.4 Å². The number of nitrogens with zero attached hydrogens (tertiary/aromatic N) is 1. The van der Waals surface area contributed by atoms with Gasteiger partial charge in [0, 0.05) is 16.5 Å². The molecule has 5 nitrogen and oxygen atoms in total. The van der Waals surface area contributed by atoms with Gasteiger partial charge in [-0.15, -0.1) is 0 Å². The van der Waals surface area contributed by atoms with Crippen LogP contribution in [0.4, 0.5) is 5.69 Å². The second kappa shape index (κ2) is 7.21. The van der Waals surface area contributed by atoms with Gasteiger partial charge in [-0.1, -0.05) is 28.1 Å². The molecular weight excluding hydrogens is 398 g/mol. The molecule has 26 heavy (non-hydrogen) atoms. The maximum absolute atomic E-state index is 13.0. The molecule has 3 rings (SSSR count). The Bertz CT molecular complexity index is 849. The van der Waals surface area contributed by atoms with Gasteiger partial charge in [-0.05, 0) is 49.7 Å². The minimum Gasteiger partial charge on any atom is -0.494 e. The zero-order valence-corrected chi connectivity index (χ0v) is 16.2. The summed E-state index contributed by atoms with van der Waals surface area (Å²) in [7, 11) is 0. The Morgan fingerprint density at radius 3 is 2.54 bits per heavy atom. The fourth-order valence-corrected chi connectivity index (χ4v) is 3.61. The van der Waals surface area contributed by atoms with E-state index < -0.39 is 11.5 Å². The van der Waals surface area contributed by atoms with Crippen molar-refractivity contribution in [2.75, 3.05) is 11.5 Å². The van der Waals surface area contributed by atoms with E-state index in [0.29, 0.717) is 24.4 Å². The van der Waals surface area contributed by atoms with Gasteiger partial charge in [-0.25, -0.2) is 0 Å². The predicted molar refractivity (Wildman–Crippen MR) is 102 cm³/mol. The normalized spacial score (nSPS) is 18.8. The number of halogens is 1. The van der Waals surface area contributed by atoms with E-state index in [0.717, 1.165) is 15.8 Å². The van der Waals surface area contributed by atoms with Crippen LogP contribution < -0.4 is 9.64 Å². The van der Waals surface area contributed by atoms with E-state index in [1.54, 1.807) is 12.1 Å². The number of hydrogen-bond acceptors (Lipinski definition) is 4. The molecule has 0 fully saturated rings. The van der Waals surface area contributed by atoms with Crippen molar-refractivity contribution in [3.63, 3.8) is 0 Å². The van der Waals surface area contributed by atoms with Crippen LogP contribution in [0.1, 0.15) is 31.4 Å². The van der Waals surface area contributed by atoms with Gasteiger partial charge in [0.05, 0.1) is 18.8 Å². The highest BCUT2D eigenvalue weighted by Gasteiger charge is 2.50. The van der Waals surface area contributed by atoms with Gasteiger partial charge in [-0.2, -0.15) is 0 Å². The van der Waals surface area contributed by atoms with Crippen molar-refractivity contribution in [3.8, 4) is 5.75 Å². The number of rotatable bonds is 6. The summed E-state index contributed by atoms with van der Waals surface area (Å²) in [6.07, 6.45) is -0.241. The van der Waals surface area contributed by atoms with Crippen molar-refractivity contribution in [1.82, 2.24) is 0 Å². The lowest BCUT2D eigenvalue weighted by Gasteiger charge is -2.22. The Morgan fingerprint density at radius 1 is 1.23 bits per heavy atom. The number of aliphatic hydroxyl groups is 1. The van der Waals surface area contributed by atoms with Crippen LogP contribution in [0.5, 0.6) is 5.75 Å². The number of anilines is 1. The molecule has 136 valence electrons. The van der Waals surface area contributed by atoms with Crippen LogP contribution in [0.2, 0.25) is 0 Å². The molecule has 1 heterocycles. The van der Waals surface area contributed by atoms with E-state index in [2.05, 4.69) is 15.9 Å². The summed E-state index contributed by atoms with van der Waals surface area (Å²) >= 11 is 3.37. The highest BCUT2D eigenvalue weighted by molar-refractivity contribution is 9.10. The summed E-state index contributed by atoms with van der Waals surface area (Å²) in [5.74, 6) is 0.0470. The van der Waals surface area contributed by atoms with Gasteiger partial charge in [0.2, 0.25) is 0 Å². The standard InChI is InChI=1S/C20H20BrNO4/c1-3-26-16-7-4-14(5-8-16)12-22-18-9-6-15(21)10-17(18)20(25,19(22)24)11-13(2)23/h4-10,25H,3,11-12H2,1-2H3/t20-/m0/s1. The second-order valence-corrected chi connectivity index (χ2v) is 7.28. The number of ether oxygens (including phenoxy) is 1. The zero-order chi connectivity index (χ0) is 18.9. The maximum atomic E-state index is 13.0. The summed E-state index contributed by atoms with van der Waals surface area (Å²) in [6.45, 7) is 4.18. The van der Waals surface area contributed by atoms with E-state index in [9.17, 15) is 14.7 Å². The van der Waals surface area contributed by atoms with E-state index in [1.807, 2.05) is 37.3 Å². The first kappa shape index (κ1) is 18.6. The minimum absolute atomic E-state index is 0.241. The molecule has 0 spiro atoms. The molecule has 0 radical (unpaired) electrons. The molecule has 1 aliphatic rings. The highest BCUT2D eigenvalue weighted by Crippen LogP contribution is 2.44. The Morgan fingerprint density at radius 2 is 1.92 bits per heavy atom. The highest BCUT2D eigenvalue weighted by atomic mass is 79.9. The first-order chi connectivity index (χ1) is 12.3. The smallest absolute Gasteiger partial charge is 0.264 e. The third-order valence-corrected chi connectivity index (χ3v) is 4.87. The summed E-state index contributed by atoms with van der Waals surface area (Å²) in [4.78, 5) is 26.2. The third-order valence-electron chi connectivity index (χ3n) is 4.37. The molecular formula is C20H20BrNO4. The molecule has 0 unspecified atom stereocenters. The molecule has 6 heteroatoms. The largest absolute Gasteiger partial charge is 0.494 e. The second-order valence-electron chi connectivity index (χ2n) is 6.37. The van der Waals surface area contributed by atoms with Crippen LogP contribution in [0.15, 0.2) is 46.9 Å². The number of benzene rings is 2. The molecule has 0 aromatic heterocycles. The fourth-order valence-electron chi connectivity index (χ4n) is 3.25. The van der Waals surface area contributed by atoms with Crippen LogP contribution in [0, 0.1) is 0 Å². The lowest BCUT2D eigenvalue weighted by Crippen LogP contribution is -2.41. The molecule has 0 aliphatic carbocycles. The molecule has 0 bridgehead atoms. The van der Waals surface area contributed by atoms with Crippen molar-refractivity contribution in [2.24, 2.45) is 0 Å². The molecule has 0 saturated carbocycles. The number of carbonyl (C=O) groups excluding carboxylic acids is 2. The van der Waals surface area contributed by atoms with Crippen molar-refractivity contribution in [3.05, 3.63) is 58.1 Å². The van der Waals surface area contributed by atoms with Crippen LogP contribution in [0.3, 0.4) is 0 Å². The van der Waals surface area contributed by atoms with E-state index in [1.165, 1.54) is 11.8 Å². The molecule has 2 aromatic rings. The number of amides is 1. The van der Waals surface area contributed by atoms with E-state index >= 15 is 0 Å². The average Bonchev–Trinajstić information content (AvgIpc) is 2.78. The first-order valence-electron chi connectivity index (χ1n) is 8.40. The van der Waals surface area contributed by atoms with Gasteiger partial charge < -0.3 is 14.7 Å². The topological polar surface area (TPSA) is 66.8 Å². The van der Waals surface area contributed by atoms with E-state index in [4.69, 9.17) is 4.74 Å². The number of ketones is 1. The Labute approximate surface area is 160 Å². The average molecular weight is 418 g/mol. The maximum Gasteiger partial charge on any atom is 0.264 e. The minimum atomic E-state index is -1.82. The Balaban J connectivity index is 1.95. The zero-order valence-electron chi connectivity index (χ0n) is 14.7. The van der Waals surface area contributed by atoms with Crippen molar-refractivity contribution in [1.29, 1.82) is 0 Å². The summed E-state index contributed by atoms with van der Waals surface area (Å²) in [5.41, 5.74) is 0.160. The number of Topliss-reactive ketones (excluding diaryl/α,β-unsaturated/α-hetero) is 1. The van der Waals surface area contributed by atoms with Crippen molar-refractivity contribution >= 4 is 33.3 Å². The van der Waals surface area contributed by atoms with Gasteiger partial charge >= 0.3 is 0 Å². The van der Waals surface area contributed by atoms with Crippen LogP contribution >= 0.6 is 15.9 Å². The number of hydrogen-bond donors (Lipinski definition) is 1. The van der Waals surface area contributed by atoms with Crippen LogP contribution in [0.25, 0.3) is 0 Å². The molecule has 1 N–H and O–H groups in total. The van der Waals surface area contributed by atoms with Crippen molar-refractivity contribution in [2.45, 2.75) is 32.4 Å². The summed E-state index contributed by atoms with van der Waals surface area (Å²) in [6, 6.07) is 12.8. The van der Waals surface area contributed by atoms with Crippen LogP contribution in [-0.2, 0) is 21.7 Å². The van der Waals surface area contributed by atoms with Crippen LogP contribution in [-0.4, -0.2) is 23.4 Å². The fraction of sp³-hybridized carbons (Fsp3) is 0.300. The molecule has 1 amide bonds. The third kappa shape index (κ3) is 3.39. The molecule has 0 saturated heterocycles. The monoisotopic (exact) mass is 417 g/mol. The van der Waals surface area contributed by atoms with E-state index in [-0.39, 0.29) is 12.2 Å². The lowest BCUT2D eigenvalue weighted by atomic mass is 9.90. The molecule has 1 aliphatic heterocycles. The predicted octanol–water partition coefficient (Wildman–Crippen LogP) is 3.56. The number of carbonyl (C=O) groups is 2. The quantitative estimate of drug-likeness (QED) is 0.779. The van der Waals surface area contributed by atoms with Gasteiger partial charge in [-0.3, -0.25) is 9.59 Å². The Hall–Kier alpha value is -2.18. The molecule has 1 atom stereocenters.